The van der Waals surface area contributed by atoms with Gasteiger partial charge in [0, 0.05) is 11.8 Å². The van der Waals surface area contributed by atoms with E-state index in [9.17, 15) is 21.6 Å². The van der Waals surface area contributed by atoms with Crippen LogP contribution in [0.2, 0.25) is 0 Å². The van der Waals surface area contributed by atoms with Crippen molar-refractivity contribution in [3.05, 3.63) is 41.9 Å². The zero-order valence-corrected chi connectivity index (χ0v) is 17.9. The topological polar surface area (TPSA) is 125 Å². The number of hydrogen-bond acceptors (Lipinski definition) is 8. The van der Waals surface area contributed by atoms with E-state index in [4.69, 9.17) is 14.1 Å². The molecule has 1 aliphatic carbocycles. The van der Waals surface area contributed by atoms with Crippen LogP contribution in [0, 0.1) is 5.41 Å². The Hall–Kier alpha value is -2.38. The summed E-state index contributed by atoms with van der Waals surface area (Å²) in [6.45, 7) is 4.04. The Balaban J connectivity index is 1.51. The van der Waals surface area contributed by atoms with Crippen molar-refractivity contribution in [1.82, 2.24) is 15.1 Å². The minimum absolute atomic E-state index is 0.0140. The van der Waals surface area contributed by atoms with Crippen molar-refractivity contribution in [3.8, 4) is 11.7 Å². The highest BCUT2D eigenvalue weighted by Gasteiger charge is 2.61. The number of oxazole rings is 1. The molecule has 2 aromatic heterocycles. The molecule has 13 heteroatoms. The number of primary sulfonamides is 1. The molecule has 1 aromatic carbocycles. The third kappa shape index (κ3) is 4.48. The van der Waals surface area contributed by atoms with Gasteiger partial charge in [0.1, 0.15) is 0 Å². The summed E-state index contributed by atoms with van der Waals surface area (Å²) in [5.41, 5.74) is 0.679. The molecule has 1 fully saturated rings. The second-order valence-electron chi connectivity index (χ2n) is 7.74. The van der Waals surface area contributed by atoms with Gasteiger partial charge < -0.3 is 8.94 Å². The highest BCUT2D eigenvalue weighted by molar-refractivity contribution is 7.99. The molecule has 0 amide bonds. The first kappa shape index (κ1) is 21.8. The van der Waals surface area contributed by atoms with Gasteiger partial charge in [-0.2, -0.15) is 18.2 Å². The fourth-order valence-corrected chi connectivity index (χ4v) is 4.71. The number of thioether (sulfide) groups is 1. The van der Waals surface area contributed by atoms with E-state index >= 15 is 0 Å². The first-order chi connectivity index (χ1) is 14.4. The lowest BCUT2D eigenvalue weighted by molar-refractivity contribution is -0.105. The van der Waals surface area contributed by atoms with E-state index < -0.39 is 22.0 Å². The van der Waals surface area contributed by atoms with E-state index in [-0.39, 0.29) is 39.0 Å². The Kier molecular flexibility index (Phi) is 5.17. The lowest BCUT2D eigenvalue weighted by Gasteiger charge is -2.04. The molecule has 1 aliphatic rings. The van der Waals surface area contributed by atoms with Gasteiger partial charge >= 0.3 is 6.18 Å². The molecule has 0 spiro atoms. The molecule has 0 radical (unpaired) electrons. The number of alkyl halides is 3. The molecule has 0 bridgehead atoms. The number of nitrogens with two attached hydrogens (primary N) is 1. The maximum atomic E-state index is 12.3. The Morgan fingerprint density at radius 3 is 2.48 bits per heavy atom. The average Bonchev–Trinajstić information content (AvgIpc) is 3.08. The van der Waals surface area contributed by atoms with E-state index in [2.05, 4.69) is 15.1 Å². The third-order valence-electron chi connectivity index (χ3n) is 5.17. The molecule has 0 unspecified atom stereocenters. The number of sulfonamides is 1. The highest BCUT2D eigenvalue weighted by atomic mass is 32.2. The van der Waals surface area contributed by atoms with Crippen molar-refractivity contribution >= 4 is 21.8 Å². The molecule has 4 rings (SSSR count). The lowest BCUT2D eigenvalue weighted by atomic mass is 10.0. The molecule has 1 saturated carbocycles. The van der Waals surface area contributed by atoms with Gasteiger partial charge in [0.05, 0.1) is 16.8 Å². The van der Waals surface area contributed by atoms with Crippen molar-refractivity contribution in [3.63, 3.8) is 0 Å². The van der Waals surface area contributed by atoms with Gasteiger partial charge in [-0.3, -0.25) is 0 Å². The van der Waals surface area contributed by atoms with Crippen LogP contribution in [0.3, 0.4) is 0 Å². The fraction of sp³-hybridized carbons (Fsp3) is 0.389. The number of aromatic nitrogens is 3. The molecule has 31 heavy (non-hydrogen) atoms. The summed E-state index contributed by atoms with van der Waals surface area (Å²) in [7, 11) is -3.78. The molecule has 0 aliphatic heterocycles. The van der Waals surface area contributed by atoms with Crippen LogP contribution in [0.25, 0.3) is 11.7 Å². The smallest absolute Gasteiger partial charge is 0.398 e. The number of nitrogens with zero attached hydrogens (tertiary/aromatic N) is 3. The van der Waals surface area contributed by atoms with Crippen molar-refractivity contribution < 1.29 is 30.5 Å². The van der Waals surface area contributed by atoms with E-state index in [1.54, 1.807) is 12.1 Å². The molecular weight excluding hydrogens is 457 g/mol. The summed E-state index contributed by atoms with van der Waals surface area (Å²) in [6, 6.07) is 6.31. The van der Waals surface area contributed by atoms with Crippen molar-refractivity contribution in [1.29, 1.82) is 0 Å². The molecule has 0 saturated heterocycles. The number of benzene rings is 1. The van der Waals surface area contributed by atoms with Crippen LogP contribution in [0.1, 0.15) is 37.1 Å². The van der Waals surface area contributed by atoms with Crippen LogP contribution in [-0.2, 0) is 10.0 Å². The largest absolute Gasteiger partial charge is 0.426 e. The summed E-state index contributed by atoms with van der Waals surface area (Å²) in [5.74, 6) is -0.693. The SMILES string of the molecule is CC1(C)[C@@H](c2ccc(S(N)(=O)=O)cc2)[C@@H]1c1noc(-c2cnc(SCC(F)(F)F)o2)n1. The maximum absolute atomic E-state index is 12.3. The molecule has 2 heterocycles. The normalized spacial score (nSPS) is 20.7. The summed E-state index contributed by atoms with van der Waals surface area (Å²) >= 11 is 0.424. The third-order valence-corrected chi connectivity index (χ3v) is 7.01. The first-order valence-corrected chi connectivity index (χ1v) is 11.5. The Bertz CT molecular complexity index is 1200. The highest BCUT2D eigenvalue weighted by Crippen LogP contribution is 2.69. The number of hydrogen-bond donors (Lipinski definition) is 1. The van der Waals surface area contributed by atoms with Crippen LogP contribution in [-0.4, -0.2) is 35.5 Å². The fourth-order valence-electron chi connectivity index (χ4n) is 3.64. The minimum atomic E-state index is -4.34. The van der Waals surface area contributed by atoms with Gasteiger partial charge in [-0.05, 0) is 23.1 Å². The van der Waals surface area contributed by atoms with Gasteiger partial charge in [-0.25, -0.2) is 18.5 Å². The van der Waals surface area contributed by atoms with E-state index in [0.29, 0.717) is 17.6 Å². The van der Waals surface area contributed by atoms with Crippen LogP contribution in [0.5, 0.6) is 0 Å². The van der Waals surface area contributed by atoms with Crippen LogP contribution in [0.4, 0.5) is 13.2 Å². The van der Waals surface area contributed by atoms with Gasteiger partial charge in [-0.1, -0.05) is 42.9 Å². The number of rotatable bonds is 6. The van der Waals surface area contributed by atoms with E-state index in [1.165, 1.54) is 18.3 Å². The van der Waals surface area contributed by atoms with Crippen LogP contribution in [0.15, 0.2) is 49.5 Å². The van der Waals surface area contributed by atoms with Gasteiger partial charge in [0.15, 0.2) is 5.82 Å². The number of halogens is 3. The lowest BCUT2D eigenvalue weighted by Crippen LogP contribution is -2.11. The molecule has 2 N–H and O–H groups in total. The minimum Gasteiger partial charge on any atom is -0.426 e. The molecular formula is C18H17F3N4O4S2. The predicted molar refractivity (Wildman–Crippen MR) is 104 cm³/mol. The summed E-state index contributed by atoms with van der Waals surface area (Å²) in [6.07, 6.45) is -3.10. The molecule has 2 atom stereocenters. The second-order valence-corrected chi connectivity index (χ2v) is 10.2. The first-order valence-electron chi connectivity index (χ1n) is 8.98. The maximum Gasteiger partial charge on any atom is 0.398 e. The monoisotopic (exact) mass is 474 g/mol. The summed E-state index contributed by atoms with van der Waals surface area (Å²) in [4.78, 5) is 8.15. The average molecular weight is 474 g/mol. The van der Waals surface area contributed by atoms with Crippen molar-refractivity contribution in [2.75, 3.05) is 5.75 Å². The zero-order valence-electron chi connectivity index (χ0n) is 16.3. The molecule has 3 aromatic rings. The Morgan fingerprint density at radius 2 is 1.87 bits per heavy atom. The summed E-state index contributed by atoms with van der Waals surface area (Å²) in [5, 5.41) is 8.99. The quantitative estimate of drug-likeness (QED) is 0.533. The molecule has 166 valence electrons. The van der Waals surface area contributed by atoms with Gasteiger partial charge in [0.25, 0.3) is 11.1 Å². The van der Waals surface area contributed by atoms with Gasteiger partial charge in [0.2, 0.25) is 15.8 Å². The van der Waals surface area contributed by atoms with E-state index in [0.717, 1.165) is 5.56 Å². The predicted octanol–water partition coefficient (Wildman–Crippen LogP) is 3.93. The van der Waals surface area contributed by atoms with Crippen LogP contribution < -0.4 is 5.14 Å². The Morgan fingerprint density at radius 1 is 1.19 bits per heavy atom. The second kappa shape index (κ2) is 7.35. The van der Waals surface area contributed by atoms with E-state index in [1.807, 2.05) is 13.8 Å². The standard InChI is InChI=1S/C18H17F3N4O4S2/c1-17(2)12(9-3-5-10(6-4-9)31(22,26)27)13(17)14-24-15(29-25-14)11-7-23-16(28-11)30-8-18(19,20)21/h3-7,12-13H,8H2,1-2H3,(H2,22,26,27)/t12-,13+/m0/s1. The van der Waals surface area contributed by atoms with Crippen LogP contribution >= 0.6 is 11.8 Å². The Labute approximate surface area is 179 Å². The van der Waals surface area contributed by atoms with Crippen molar-refractivity contribution in [2.45, 2.75) is 42.0 Å². The zero-order chi connectivity index (χ0) is 22.6. The van der Waals surface area contributed by atoms with Crippen molar-refractivity contribution in [2.24, 2.45) is 10.6 Å². The summed E-state index contributed by atoms with van der Waals surface area (Å²) < 4.78 is 70.4. The van der Waals surface area contributed by atoms with Gasteiger partial charge in [-0.15, -0.1) is 0 Å². The molecule has 8 nitrogen and oxygen atoms in total.